The molecule has 0 spiro atoms. The van der Waals surface area contributed by atoms with Gasteiger partial charge in [0.1, 0.15) is 5.76 Å². The van der Waals surface area contributed by atoms with E-state index < -0.39 is 0 Å². The molecule has 1 heterocycles. The Bertz CT molecular complexity index is 333. The first-order valence-corrected chi connectivity index (χ1v) is 4.92. The smallest absolute Gasteiger partial charge is 0.231 e. The molecule has 0 aliphatic rings. The Labute approximate surface area is 89.3 Å². The lowest BCUT2D eigenvalue weighted by Crippen LogP contribution is -2.38. The summed E-state index contributed by atoms with van der Waals surface area (Å²) in [6.45, 7) is 6.56. The minimum Gasteiger partial charge on any atom is -0.445 e. The maximum absolute atomic E-state index is 10.8. The summed E-state index contributed by atoms with van der Waals surface area (Å²) in [6, 6.07) is 0.227. The van der Waals surface area contributed by atoms with Crippen LogP contribution in [0.1, 0.15) is 25.5 Å². The number of nitrogens with zero attached hydrogens (tertiary/aromatic N) is 2. The highest BCUT2D eigenvalue weighted by Crippen LogP contribution is 2.08. The molecule has 0 aliphatic heterocycles. The molecule has 5 nitrogen and oxygen atoms in total. The Morgan fingerprint density at radius 2 is 2.33 bits per heavy atom. The minimum absolute atomic E-state index is 0.221. The summed E-state index contributed by atoms with van der Waals surface area (Å²) in [6.07, 6.45) is 1.66. The summed E-state index contributed by atoms with van der Waals surface area (Å²) < 4.78 is 5.34. The Hall–Kier alpha value is -1.36. The van der Waals surface area contributed by atoms with Gasteiger partial charge in [-0.3, -0.25) is 9.69 Å². The molecule has 0 unspecified atom stereocenters. The largest absolute Gasteiger partial charge is 0.445 e. The Morgan fingerprint density at radius 3 is 2.73 bits per heavy atom. The fourth-order valence-corrected chi connectivity index (χ4v) is 1.27. The molecule has 0 saturated heterocycles. The highest BCUT2D eigenvalue weighted by molar-refractivity contribution is 5.75. The van der Waals surface area contributed by atoms with E-state index in [0.717, 1.165) is 5.76 Å². The number of carbonyl (C=O) groups is 1. The lowest BCUT2D eigenvalue weighted by molar-refractivity contribution is -0.119. The second-order valence-corrected chi connectivity index (χ2v) is 3.83. The minimum atomic E-state index is -0.341. The first-order valence-electron chi connectivity index (χ1n) is 4.92. The van der Waals surface area contributed by atoms with E-state index >= 15 is 0 Å². The van der Waals surface area contributed by atoms with Crippen LogP contribution in [0.3, 0.4) is 0 Å². The third kappa shape index (κ3) is 3.71. The molecule has 0 fully saturated rings. The molecule has 0 bridgehead atoms. The lowest BCUT2D eigenvalue weighted by atomic mass is 10.3. The van der Waals surface area contributed by atoms with Crippen molar-refractivity contribution < 1.29 is 9.21 Å². The fourth-order valence-electron chi connectivity index (χ4n) is 1.27. The lowest BCUT2D eigenvalue weighted by Gasteiger charge is -2.22. The van der Waals surface area contributed by atoms with Crippen molar-refractivity contribution in [2.24, 2.45) is 5.73 Å². The zero-order chi connectivity index (χ0) is 11.4. The van der Waals surface area contributed by atoms with E-state index in [-0.39, 0.29) is 18.5 Å². The SMILES string of the molecule is Cc1cnc(CN(CC(N)=O)C(C)C)o1. The molecule has 1 amide bonds. The number of hydrogen-bond donors (Lipinski definition) is 1. The number of hydrogen-bond acceptors (Lipinski definition) is 4. The van der Waals surface area contributed by atoms with Crippen LogP contribution in [0, 0.1) is 6.92 Å². The molecular formula is C10H17N3O2. The van der Waals surface area contributed by atoms with Gasteiger partial charge in [-0.15, -0.1) is 0 Å². The maximum atomic E-state index is 10.8. The molecular weight excluding hydrogens is 194 g/mol. The Morgan fingerprint density at radius 1 is 1.67 bits per heavy atom. The number of amides is 1. The molecule has 0 aromatic carbocycles. The van der Waals surface area contributed by atoms with E-state index in [1.54, 1.807) is 6.20 Å². The van der Waals surface area contributed by atoms with Gasteiger partial charge in [-0.25, -0.2) is 4.98 Å². The molecule has 1 rings (SSSR count). The number of oxazole rings is 1. The van der Waals surface area contributed by atoms with Crippen molar-refractivity contribution in [2.45, 2.75) is 33.4 Å². The zero-order valence-corrected chi connectivity index (χ0v) is 9.36. The summed E-state index contributed by atoms with van der Waals surface area (Å²) in [5.41, 5.74) is 5.16. The molecule has 0 radical (unpaired) electrons. The summed E-state index contributed by atoms with van der Waals surface area (Å²) in [4.78, 5) is 16.8. The first-order chi connectivity index (χ1) is 6.99. The maximum Gasteiger partial charge on any atom is 0.231 e. The van der Waals surface area contributed by atoms with Crippen molar-refractivity contribution in [3.05, 3.63) is 17.8 Å². The topological polar surface area (TPSA) is 72.4 Å². The van der Waals surface area contributed by atoms with Crippen molar-refractivity contribution >= 4 is 5.91 Å². The van der Waals surface area contributed by atoms with Gasteiger partial charge in [0, 0.05) is 6.04 Å². The molecule has 1 aromatic rings. The van der Waals surface area contributed by atoms with E-state index in [9.17, 15) is 4.79 Å². The van der Waals surface area contributed by atoms with Gasteiger partial charge < -0.3 is 10.2 Å². The van der Waals surface area contributed by atoms with Crippen LogP contribution < -0.4 is 5.73 Å². The molecule has 84 valence electrons. The van der Waals surface area contributed by atoms with Crippen LogP contribution >= 0.6 is 0 Å². The van der Waals surface area contributed by atoms with Gasteiger partial charge in [-0.05, 0) is 20.8 Å². The van der Waals surface area contributed by atoms with Crippen LogP contribution in [0.5, 0.6) is 0 Å². The number of primary amides is 1. The average Bonchev–Trinajstić information content (AvgIpc) is 2.49. The first kappa shape index (κ1) is 11.7. The van der Waals surface area contributed by atoms with Crippen molar-refractivity contribution in [2.75, 3.05) is 6.54 Å². The van der Waals surface area contributed by atoms with Crippen molar-refractivity contribution in [3.63, 3.8) is 0 Å². The molecule has 0 saturated carbocycles. The van der Waals surface area contributed by atoms with Gasteiger partial charge in [0.2, 0.25) is 11.8 Å². The van der Waals surface area contributed by atoms with Crippen LogP contribution in [0.2, 0.25) is 0 Å². The van der Waals surface area contributed by atoms with E-state index in [1.807, 2.05) is 25.7 Å². The van der Waals surface area contributed by atoms with Crippen molar-refractivity contribution in [1.82, 2.24) is 9.88 Å². The van der Waals surface area contributed by atoms with Crippen LogP contribution in [-0.2, 0) is 11.3 Å². The molecule has 0 atom stereocenters. The van der Waals surface area contributed by atoms with Gasteiger partial charge in [-0.2, -0.15) is 0 Å². The number of aryl methyl sites for hydroxylation is 1. The fraction of sp³-hybridized carbons (Fsp3) is 0.600. The van der Waals surface area contributed by atoms with Gasteiger partial charge in [-0.1, -0.05) is 0 Å². The summed E-state index contributed by atoms with van der Waals surface area (Å²) >= 11 is 0. The third-order valence-electron chi connectivity index (χ3n) is 2.10. The second-order valence-electron chi connectivity index (χ2n) is 3.83. The second kappa shape index (κ2) is 4.93. The number of aromatic nitrogens is 1. The van der Waals surface area contributed by atoms with Crippen molar-refractivity contribution in [1.29, 1.82) is 0 Å². The van der Waals surface area contributed by atoms with Crippen LogP contribution in [0.25, 0.3) is 0 Å². The van der Waals surface area contributed by atoms with E-state index in [0.29, 0.717) is 12.4 Å². The molecule has 0 aliphatic carbocycles. The molecule has 15 heavy (non-hydrogen) atoms. The third-order valence-corrected chi connectivity index (χ3v) is 2.10. The average molecular weight is 211 g/mol. The molecule has 1 aromatic heterocycles. The van der Waals surface area contributed by atoms with Gasteiger partial charge >= 0.3 is 0 Å². The Balaban J connectivity index is 2.62. The summed E-state index contributed by atoms with van der Waals surface area (Å²) in [5, 5.41) is 0. The van der Waals surface area contributed by atoms with Crippen LogP contribution in [0.15, 0.2) is 10.6 Å². The predicted octanol–water partition coefficient (Wildman–Crippen LogP) is 0.679. The van der Waals surface area contributed by atoms with Crippen LogP contribution in [0.4, 0.5) is 0 Å². The zero-order valence-electron chi connectivity index (χ0n) is 9.36. The molecule has 5 heteroatoms. The van der Waals surface area contributed by atoms with E-state index in [4.69, 9.17) is 10.2 Å². The number of carbonyl (C=O) groups excluding carboxylic acids is 1. The summed E-state index contributed by atoms with van der Waals surface area (Å²) in [7, 11) is 0. The standard InChI is InChI=1S/C10H17N3O2/c1-7(2)13(5-9(11)14)6-10-12-4-8(3)15-10/h4,7H,5-6H2,1-3H3,(H2,11,14). The number of rotatable bonds is 5. The van der Waals surface area contributed by atoms with E-state index in [2.05, 4.69) is 4.98 Å². The monoisotopic (exact) mass is 211 g/mol. The predicted molar refractivity (Wildman–Crippen MR) is 56.0 cm³/mol. The van der Waals surface area contributed by atoms with E-state index in [1.165, 1.54) is 0 Å². The highest BCUT2D eigenvalue weighted by atomic mass is 16.4. The van der Waals surface area contributed by atoms with Gasteiger partial charge in [0.15, 0.2) is 0 Å². The van der Waals surface area contributed by atoms with Gasteiger partial charge in [0.25, 0.3) is 0 Å². The van der Waals surface area contributed by atoms with Crippen molar-refractivity contribution in [3.8, 4) is 0 Å². The summed E-state index contributed by atoms with van der Waals surface area (Å²) in [5.74, 6) is 1.04. The Kier molecular flexibility index (Phi) is 3.85. The normalized spacial score (nSPS) is 11.3. The highest BCUT2D eigenvalue weighted by Gasteiger charge is 2.15. The number of nitrogens with two attached hydrogens (primary N) is 1. The van der Waals surface area contributed by atoms with Crippen LogP contribution in [-0.4, -0.2) is 28.4 Å². The molecule has 2 N–H and O–H groups in total. The van der Waals surface area contributed by atoms with Gasteiger partial charge in [0.05, 0.1) is 19.3 Å². The quantitative estimate of drug-likeness (QED) is 0.777.